The maximum Gasteiger partial charge on any atom is 0.341 e. The predicted molar refractivity (Wildman–Crippen MR) is 109 cm³/mol. The molecule has 0 bridgehead atoms. The van der Waals surface area contributed by atoms with Crippen LogP contribution in [0.1, 0.15) is 59.0 Å². The smallest absolute Gasteiger partial charge is 0.341 e. The van der Waals surface area contributed by atoms with Gasteiger partial charge in [0, 0.05) is 4.88 Å². The molecule has 28 heavy (non-hydrogen) atoms. The van der Waals surface area contributed by atoms with Gasteiger partial charge < -0.3 is 14.8 Å². The molecule has 2 heterocycles. The number of anilines is 1. The Morgan fingerprint density at radius 3 is 2.68 bits per heavy atom. The Labute approximate surface area is 169 Å². The third-order valence-electron chi connectivity index (χ3n) is 5.74. The summed E-state index contributed by atoms with van der Waals surface area (Å²) in [6, 6.07) is 9.99. The Bertz CT molecular complexity index is 868. The third kappa shape index (κ3) is 3.35. The van der Waals surface area contributed by atoms with E-state index in [1.807, 2.05) is 30.3 Å². The second-order valence-electron chi connectivity index (χ2n) is 7.34. The van der Waals surface area contributed by atoms with Gasteiger partial charge in [-0.2, -0.15) is 0 Å². The number of esters is 1. The summed E-state index contributed by atoms with van der Waals surface area (Å²) in [6.07, 6.45) is 4.38. The number of rotatable bonds is 5. The van der Waals surface area contributed by atoms with Crippen LogP contribution in [0.4, 0.5) is 5.00 Å². The molecule has 1 amide bonds. The van der Waals surface area contributed by atoms with E-state index in [0.29, 0.717) is 36.8 Å². The van der Waals surface area contributed by atoms with Crippen molar-refractivity contribution in [2.45, 2.75) is 51.0 Å². The van der Waals surface area contributed by atoms with Crippen molar-refractivity contribution in [2.75, 3.05) is 18.5 Å². The van der Waals surface area contributed by atoms with Crippen LogP contribution in [0.25, 0.3) is 0 Å². The van der Waals surface area contributed by atoms with E-state index in [-0.39, 0.29) is 11.9 Å². The van der Waals surface area contributed by atoms with Crippen LogP contribution in [-0.4, -0.2) is 25.1 Å². The summed E-state index contributed by atoms with van der Waals surface area (Å²) < 4.78 is 10.8. The van der Waals surface area contributed by atoms with Gasteiger partial charge in [0.1, 0.15) is 5.00 Å². The number of carbonyl (C=O) groups is 2. The summed E-state index contributed by atoms with van der Waals surface area (Å²) >= 11 is 1.44. The topological polar surface area (TPSA) is 64.6 Å². The Morgan fingerprint density at radius 2 is 1.96 bits per heavy atom. The Kier molecular flexibility index (Phi) is 5.51. The lowest BCUT2D eigenvalue weighted by Crippen LogP contribution is -2.38. The van der Waals surface area contributed by atoms with Crippen molar-refractivity contribution in [3.8, 4) is 0 Å². The van der Waals surface area contributed by atoms with Crippen molar-refractivity contribution in [3.05, 3.63) is 51.9 Å². The molecule has 2 aliphatic rings. The van der Waals surface area contributed by atoms with Gasteiger partial charge in [0.2, 0.25) is 5.91 Å². The number of hydrogen-bond acceptors (Lipinski definition) is 5. The van der Waals surface area contributed by atoms with Crippen LogP contribution in [0.15, 0.2) is 30.3 Å². The number of amides is 1. The van der Waals surface area contributed by atoms with Gasteiger partial charge in [-0.15, -0.1) is 11.3 Å². The van der Waals surface area contributed by atoms with E-state index in [4.69, 9.17) is 9.47 Å². The van der Waals surface area contributed by atoms with E-state index in [2.05, 4.69) is 5.32 Å². The largest absolute Gasteiger partial charge is 0.462 e. The van der Waals surface area contributed by atoms with Crippen LogP contribution in [-0.2, 0) is 32.7 Å². The Balaban J connectivity index is 1.69. The van der Waals surface area contributed by atoms with Gasteiger partial charge in [-0.1, -0.05) is 43.2 Å². The molecule has 1 aromatic heterocycles. The number of fused-ring (bicyclic) bond motifs is 1. The standard InChI is InChI=1S/C22H25NO4S/c1-2-27-20(24)18-16-10-13-26-14-17(16)28-19(18)23-21(25)22(11-6-7-12-22)15-8-4-3-5-9-15/h3-5,8-9H,2,6-7,10-14H2,1H3,(H,23,25). The van der Waals surface area contributed by atoms with Crippen LogP contribution in [0.3, 0.4) is 0 Å². The Morgan fingerprint density at radius 1 is 1.21 bits per heavy atom. The zero-order chi connectivity index (χ0) is 19.6. The molecule has 1 N–H and O–H groups in total. The summed E-state index contributed by atoms with van der Waals surface area (Å²) in [5.74, 6) is -0.390. The summed E-state index contributed by atoms with van der Waals surface area (Å²) in [4.78, 5) is 27.1. The molecule has 4 rings (SSSR count). The van der Waals surface area contributed by atoms with Crippen LogP contribution in [0.5, 0.6) is 0 Å². The molecule has 1 saturated carbocycles. The molecule has 1 aromatic carbocycles. The summed E-state index contributed by atoms with van der Waals surface area (Å²) in [6.45, 7) is 3.16. The fourth-order valence-corrected chi connectivity index (χ4v) is 5.51. The summed E-state index contributed by atoms with van der Waals surface area (Å²) in [7, 11) is 0. The van der Waals surface area contributed by atoms with Gasteiger partial charge in [0.05, 0.1) is 30.8 Å². The molecule has 6 heteroatoms. The molecule has 2 aromatic rings. The van der Waals surface area contributed by atoms with Gasteiger partial charge in [-0.3, -0.25) is 4.79 Å². The van der Waals surface area contributed by atoms with Gasteiger partial charge in [0.15, 0.2) is 0 Å². The predicted octanol–water partition coefficient (Wildman–Crippen LogP) is 4.45. The zero-order valence-corrected chi connectivity index (χ0v) is 16.9. The number of nitrogens with one attached hydrogen (secondary N) is 1. The maximum absolute atomic E-state index is 13.5. The number of hydrogen-bond donors (Lipinski definition) is 1. The number of thiophene rings is 1. The second-order valence-corrected chi connectivity index (χ2v) is 8.45. The molecule has 0 atom stereocenters. The molecule has 0 unspecified atom stereocenters. The molecule has 5 nitrogen and oxygen atoms in total. The molecule has 0 spiro atoms. The highest BCUT2D eigenvalue weighted by molar-refractivity contribution is 7.17. The monoisotopic (exact) mass is 399 g/mol. The quantitative estimate of drug-likeness (QED) is 0.755. The van der Waals surface area contributed by atoms with Gasteiger partial charge >= 0.3 is 5.97 Å². The SMILES string of the molecule is CCOC(=O)c1c(NC(=O)C2(c3ccccc3)CCCC2)sc2c1CCOC2. The van der Waals surface area contributed by atoms with Crippen molar-refractivity contribution >= 4 is 28.2 Å². The van der Waals surface area contributed by atoms with Crippen molar-refractivity contribution in [3.63, 3.8) is 0 Å². The fraction of sp³-hybridized carbons (Fsp3) is 0.455. The molecule has 1 aliphatic heterocycles. The van der Waals surface area contributed by atoms with Crippen LogP contribution in [0.2, 0.25) is 0 Å². The van der Waals surface area contributed by atoms with E-state index in [9.17, 15) is 9.59 Å². The molecule has 0 radical (unpaired) electrons. The molecule has 148 valence electrons. The molecule has 1 aliphatic carbocycles. The third-order valence-corrected chi connectivity index (χ3v) is 6.87. The lowest BCUT2D eigenvalue weighted by atomic mass is 9.78. The lowest BCUT2D eigenvalue weighted by Gasteiger charge is -2.28. The number of carbonyl (C=O) groups excluding carboxylic acids is 2. The van der Waals surface area contributed by atoms with E-state index >= 15 is 0 Å². The van der Waals surface area contributed by atoms with Crippen LogP contribution in [0, 0.1) is 0 Å². The Hall–Kier alpha value is -2.18. The van der Waals surface area contributed by atoms with Crippen molar-refractivity contribution < 1.29 is 19.1 Å². The zero-order valence-electron chi connectivity index (χ0n) is 16.1. The first-order chi connectivity index (χ1) is 13.7. The molecular weight excluding hydrogens is 374 g/mol. The minimum absolute atomic E-state index is 0.0266. The summed E-state index contributed by atoms with van der Waals surface area (Å²) in [5.41, 5.74) is 1.99. The van der Waals surface area contributed by atoms with Crippen molar-refractivity contribution in [1.29, 1.82) is 0 Å². The van der Waals surface area contributed by atoms with E-state index in [1.165, 1.54) is 11.3 Å². The average molecular weight is 400 g/mol. The van der Waals surface area contributed by atoms with Gasteiger partial charge in [-0.05, 0) is 37.3 Å². The van der Waals surface area contributed by atoms with Gasteiger partial charge in [0.25, 0.3) is 0 Å². The first-order valence-electron chi connectivity index (χ1n) is 9.92. The minimum atomic E-state index is -0.534. The second kappa shape index (κ2) is 8.05. The summed E-state index contributed by atoms with van der Waals surface area (Å²) in [5, 5.41) is 3.71. The molecular formula is C22H25NO4S. The highest BCUT2D eigenvalue weighted by atomic mass is 32.1. The first-order valence-corrected chi connectivity index (χ1v) is 10.7. The van der Waals surface area contributed by atoms with Gasteiger partial charge in [-0.25, -0.2) is 4.79 Å². The van der Waals surface area contributed by atoms with Crippen LogP contribution < -0.4 is 5.32 Å². The van der Waals surface area contributed by atoms with Crippen molar-refractivity contribution in [2.24, 2.45) is 0 Å². The van der Waals surface area contributed by atoms with Crippen molar-refractivity contribution in [1.82, 2.24) is 0 Å². The first kappa shape index (κ1) is 19.2. The maximum atomic E-state index is 13.5. The number of ether oxygens (including phenoxy) is 2. The fourth-order valence-electron chi connectivity index (χ4n) is 4.34. The van der Waals surface area contributed by atoms with Crippen LogP contribution >= 0.6 is 11.3 Å². The van der Waals surface area contributed by atoms with E-state index < -0.39 is 5.41 Å². The highest BCUT2D eigenvalue weighted by Crippen LogP contribution is 2.44. The van der Waals surface area contributed by atoms with E-state index in [0.717, 1.165) is 41.7 Å². The minimum Gasteiger partial charge on any atom is -0.462 e. The van der Waals surface area contributed by atoms with E-state index in [1.54, 1.807) is 6.92 Å². The number of benzene rings is 1. The molecule has 1 fully saturated rings. The average Bonchev–Trinajstić information content (AvgIpc) is 3.34. The lowest BCUT2D eigenvalue weighted by molar-refractivity contribution is -0.121. The normalized spacial score (nSPS) is 17.8. The molecule has 0 saturated heterocycles. The highest BCUT2D eigenvalue weighted by Gasteiger charge is 2.43.